The largest absolute Gasteiger partial charge is 0.416 e. The van der Waals surface area contributed by atoms with Gasteiger partial charge in [-0.05, 0) is 55.5 Å². The Morgan fingerprint density at radius 1 is 0.361 bits per heavy atom. The van der Waals surface area contributed by atoms with Gasteiger partial charge >= 0.3 is 25.7 Å². The Morgan fingerprint density at radius 3 is 0.806 bits per heavy atom. The number of unbranched alkanes of at least 4 members (excludes halogenated alkanes) is 9. The Bertz CT molecular complexity index is 471. The molecule has 1 rings (SSSR count). The zero-order chi connectivity index (χ0) is 27.1. The molecule has 0 atom stereocenters. The van der Waals surface area contributed by atoms with Crippen molar-refractivity contribution in [3.63, 3.8) is 0 Å². The smallest absolute Gasteiger partial charge is 0.317 e. The molecule has 0 bridgehead atoms. The number of hydrogen-bond acceptors (Lipinski definition) is 3. The molecule has 0 aromatic heterocycles. The average molecular weight is 559 g/mol. The van der Waals surface area contributed by atoms with Crippen molar-refractivity contribution in [2.75, 3.05) is 0 Å². The molecule has 1 heterocycles. The lowest BCUT2D eigenvalue weighted by Crippen LogP contribution is -2.67. The Kier molecular flexibility index (Phi) is 17.3. The fourth-order valence-corrected chi connectivity index (χ4v) is 23.5. The van der Waals surface area contributed by atoms with E-state index in [9.17, 15) is 0 Å². The van der Waals surface area contributed by atoms with Crippen molar-refractivity contribution in [3.05, 3.63) is 0 Å². The molecular formula is C30H66O3Si3. The van der Waals surface area contributed by atoms with E-state index in [0.717, 1.165) is 35.9 Å². The highest BCUT2D eigenvalue weighted by Crippen LogP contribution is 2.39. The topological polar surface area (TPSA) is 27.7 Å². The summed E-state index contributed by atoms with van der Waals surface area (Å²) in [5.74, 6) is 2.48. The van der Waals surface area contributed by atoms with Gasteiger partial charge < -0.3 is 12.3 Å². The first-order chi connectivity index (χ1) is 16.9. The van der Waals surface area contributed by atoms with Gasteiger partial charge in [0.25, 0.3) is 0 Å². The van der Waals surface area contributed by atoms with E-state index in [1.807, 2.05) is 0 Å². The van der Waals surface area contributed by atoms with Crippen LogP contribution in [-0.2, 0) is 12.3 Å². The van der Waals surface area contributed by atoms with Crippen LogP contribution >= 0.6 is 0 Å². The molecule has 0 unspecified atom stereocenters. The normalized spacial score (nSPS) is 27.0. The molecule has 3 nitrogen and oxygen atoms in total. The van der Waals surface area contributed by atoms with E-state index in [2.05, 4.69) is 61.2 Å². The molecule has 0 aromatic rings. The summed E-state index contributed by atoms with van der Waals surface area (Å²) in [5, 5.41) is 0. The van der Waals surface area contributed by atoms with E-state index in [0.29, 0.717) is 0 Å². The highest BCUT2D eigenvalue weighted by Gasteiger charge is 2.55. The van der Waals surface area contributed by atoms with Crippen LogP contribution in [0.5, 0.6) is 0 Å². The van der Waals surface area contributed by atoms with E-state index in [-0.39, 0.29) is 0 Å². The second kappa shape index (κ2) is 18.0. The molecule has 0 saturated carbocycles. The summed E-state index contributed by atoms with van der Waals surface area (Å²) in [4.78, 5) is 0. The SMILES string of the molecule is CC(C)CCCCCC[Si]1(C)O[Si](C)(CCCCCCC(C)C)O[Si](C)(CCCCCCC(C)C)O1. The summed E-state index contributed by atoms with van der Waals surface area (Å²) < 4.78 is 21.0. The Labute approximate surface area is 231 Å². The van der Waals surface area contributed by atoms with Crippen LogP contribution in [0.4, 0.5) is 0 Å². The monoisotopic (exact) mass is 558 g/mol. The molecule has 1 aliphatic rings. The van der Waals surface area contributed by atoms with Crippen LogP contribution in [0.25, 0.3) is 0 Å². The Balaban J connectivity index is 2.64. The second-order valence-electron chi connectivity index (χ2n) is 13.7. The van der Waals surface area contributed by atoms with Gasteiger partial charge in [-0.2, -0.15) is 0 Å². The Hall–Kier alpha value is 0.531. The number of rotatable bonds is 21. The summed E-state index contributed by atoms with van der Waals surface area (Å²) in [6, 6.07) is 3.48. The van der Waals surface area contributed by atoms with Crippen LogP contribution < -0.4 is 0 Å². The van der Waals surface area contributed by atoms with Gasteiger partial charge in [0, 0.05) is 0 Å². The highest BCUT2D eigenvalue weighted by molar-refractivity contribution is 6.93. The van der Waals surface area contributed by atoms with Crippen LogP contribution in [0.3, 0.4) is 0 Å². The molecule has 0 aromatic carbocycles. The van der Waals surface area contributed by atoms with Crippen molar-refractivity contribution in [2.45, 2.75) is 176 Å². The van der Waals surface area contributed by atoms with Crippen molar-refractivity contribution in [3.8, 4) is 0 Å². The van der Waals surface area contributed by atoms with Crippen LogP contribution in [0.1, 0.15) is 138 Å². The summed E-state index contributed by atoms with van der Waals surface area (Å²) in [5.41, 5.74) is 0. The molecule has 1 saturated heterocycles. The Morgan fingerprint density at radius 2 is 0.583 bits per heavy atom. The zero-order valence-electron chi connectivity index (χ0n) is 26.2. The maximum Gasteiger partial charge on any atom is 0.317 e. The average Bonchev–Trinajstić information content (AvgIpc) is 2.74. The second-order valence-corrected chi connectivity index (χ2v) is 24.5. The summed E-state index contributed by atoms with van der Waals surface area (Å²) in [6.07, 6.45) is 20.0. The first-order valence-electron chi connectivity index (χ1n) is 16.0. The van der Waals surface area contributed by atoms with Crippen molar-refractivity contribution < 1.29 is 12.3 Å². The highest BCUT2D eigenvalue weighted by atomic mass is 28.5. The maximum atomic E-state index is 6.99. The van der Waals surface area contributed by atoms with Crippen LogP contribution in [-0.4, -0.2) is 25.7 Å². The maximum absolute atomic E-state index is 6.99. The fourth-order valence-electron chi connectivity index (χ4n) is 5.80. The van der Waals surface area contributed by atoms with E-state index in [4.69, 9.17) is 12.3 Å². The summed E-state index contributed by atoms with van der Waals surface area (Å²) >= 11 is 0. The molecule has 216 valence electrons. The van der Waals surface area contributed by atoms with Crippen LogP contribution in [0, 0.1) is 17.8 Å². The third-order valence-corrected chi connectivity index (χ3v) is 21.9. The lowest BCUT2D eigenvalue weighted by Gasteiger charge is -2.50. The minimum absolute atomic E-state index is 0.827. The van der Waals surface area contributed by atoms with Crippen LogP contribution in [0.2, 0.25) is 37.8 Å². The molecular weight excluding hydrogens is 493 g/mol. The third-order valence-electron chi connectivity index (χ3n) is 7.78. The first kappa shape index (κ1) is 34.6. The molecule has 1 aliphatic heterocycles. The molecule has 6 heteroatoms. The van der Waals surface area contributed by atoms with E-state index < -0.39 is 25.7 Å². The van der Waals surface area contributed by atoms with E-state index in [1.54, 1.807) is 0 Å². The first-order valence-corrected chi connectivity index (χ1v) is 23.5. The lowest BCUT2D eigenvalue weighted by molar-refractivity contribution is 0.219. The standard InChI is InChI=1S/C30H66O3Si3/c1-28(2)22-16-10-13-19-25-34(7)31-35(8,26-20-14-11-17-23-29(3)4)33-36(9,32-34)27-21-15-12-18-24-30(5)6/h28-30H,10-27H2,1-9H3. The number of hydrogen-bond donors (Lipinski definition) is 0. The quantitative estimate of drug-likeness (QED) is 0.103. The van der Waals surface area contributed by atoms with Gasteiger partial charge in [-0.3, -0.25) is 0 Å². The van der Waals surface area contributed by atoms with Crippen molar-refractivity contribution in [2.24, 2.45) is 17.8 Å². The van der Waals surface area contributed by atoms with Crippen LogP contribution in [0.15, 0.2) is 0 Å². The van der Waals surface area contributed by atoms with Gasteiger partial charge in [-0.15, -0.1) is 0 Å². The predicted octanol–water partition coefficient (Wildman–Crippen LogP) is 11.1. The van der Waals surface area contributed by atoms with E-state index in [1.165, 1.54) is 96.3 Å². The fraction of sp³-hybridized carbons (Fsp3) is 1.00. The molecule has 0 N–H and O–H groups in total. The van der Waals surface area contributed by atoms with Gasteiger partial charge in [0.15, 0.2) is 0 Å². The predicted molar refractivity (Wildman–Crippen MR) is 166 cm³/mol. The third kappa shape index (κ3) is 16.5. The summed E-state index contributed by atoms with van der Waals surface area (Å²) in [6.45, 7) is 21.2. The molecule has 36 heavy (non-hydrogen) atoms. The van der Waals surface area contributed by atoms with Gasteiger partial charge in [0.1, 0.15) is 0 Å². The van der Waals surface area contributed by atoms with Gasteiger partial charge in [-0.25, -0.2) is 0 Å². The van der Waals surface area contributed by atoms with Crippen molar-refractivity contribution >= 4 is 25.7 Å². The molecule has 0 radical (unpaired) electrons. The van der Waals surface area contributed by atoms with Gasteiger partial charge in [-0.1, -0.05) is 138 Å². The van der Waals surface area contributed by atoms with E-state index >= 15 is 0 Å². The van der Waals surface area contributed by atoms with Gasteiger partial charge in [0.05, 0.1) is 0 Å². The lowest BCUT2D eigenvalue weighted by atomic mass is 10.0. The van der Waals surface area contributed by atoms with Crippen molar-refractivity contribution in [1.82, 2.24) is 0 Å². The van der Waals surface area contributed by atoms with Gasteiger partial charge in [0.2, 0.25) is 0 Å². The molecule has 1 fully saturated rings. The minimum atomic E-state index is -2.17. The molecule has 0 amide bonds. The minimum Gasteiger partial charge on any atom is -0.416 e. The summed E-state index contributed by atoms with van der Waals surface area (Å²) in [7, 11) is -6.51. The molecule has 0 spiro atoms. The zero-order valence-corrected chi connectivity index (χ0v) is 29.2. The molecule has 0 aliphatic carbocycles. The van der Waals surface area contributed by atoms with Crippen molar-refractivity contribution in [1.29, 1.82) is 0 Å².